The van der Waals surface area contributed by atoms with E-state index >= 15 is 0 Å². The molecule has 0 heterocycles. The molecule has 0 bridgehead atoms. The van der Waals surface area contributed by atoms with Crippen molar-refractivity contribution in [1.82, 2.24) is 0 Å². The lowest BCUT2D eigenvalue weighted by Gasteiger charge is -2.21. The number of hydrogen-bond acceptors (Lipinski definition) is 15. The molecule has 0 aromatic rings. The van der Waals surface area contributed by atoms with E-state index in [4.69, 9.17) is 37.0 Å². The van der Waals surface area contributed by atoms with Crippen LogP contribution in [-0.4, -0.2) is 96.7 Å². The van der Waals surface area contributed by atoms with Gasteiger partial charge in [0, 0.05) is 19.3 Å². The van der Waals surface area contributed by atoms with Gasteiger partial charge in [0.05, 0.1) is 32.8 Å². The molecule has 3 N–H and O–H groups in total. The highest BCUT2D eigenvalue weighted by atomic mass is 31.2. The molecule has 0 amide bonds. The van der Waals surface area contributed by atoms with Crippen molar-refractivity contribution in [3.8, 4) is 0 Å². The van der Waals surface area contributed by atoms with Crippen LogP contribution in [-0.2, 0) is 65.4 Å². The second kappa shape index (κ2) is 79.3. The summed E-state index contributed by atoms with van der Waals surface area (Å²) in [5.74, 6) is -2.40. The lowest BCUT2D eigenvalue weighted by molar-refractivity contribution is -0.161. The zero-order valence-electron chi connectivity index (χ0n) is 66.9. The van der Waals surface area contributed by atoms with Gasteiger partial charge in [-0.3, -0.25) is 37.3 Å². The SMILES string of the molecule is CC/C=C\C/C=C\C/C=C\C/C=C\C/C=C\CCCCCC(=O)OCC(COP(=O)(O)OCC(O)COP(=O)(O)OCC(COC(=O)CCCCCCCC/C=C\C/C=C\C/C=C\CCCCC)OC(=O)C/C=C\C/C=C\C/C=C\C/C=C\C/C=C\CC)OC(=O)CCCCCCC/C=C\C/C=C\CCCCC. The van der Waals surface area contributed by atoms with Gasteiger partial charge in [-0.2, -0.15) is 0 Å². The van der Waals surface area contributed by atoms with Crippen molar-refractivity contribution in [2.24, 2.45) is 0 Å². The van der Waals surface area contributed by atoms with E-state index in [0.717, 1.165) is 180 Å². The fourth-order valence-electron chi connectivity index (χ4n) is 10.2. The first-order valence-corrected chi connectivity index (χ1v) is 44.0. The van der Waals surface area contributed by atoms with Gasteiger partial charge in [-0.1, -0.05) is 287 Å². The highest BCUT2D eigenvalue weighted by Crippen LogP contribution is 2.45. The number of aliphatic hydroxyl groups excluding tert-OH is 1. The molecule has 0 rings (SSSR count). The van der Waals surface area contributed by atoms with Crippen LogP contribution in [0.1, 0.15) is 297 Å². The third-order valence-electron chi connectivity index (χ3n) is 16.4. The topological polar surface area (TPSA) is 237 Å². The Hall–Kier alpha value is -5.84. The van der Waals surface area contributed by atoms with E-state index in [0.29, 0.717) is 25.7 Å². The van der Waals surface area contributed by atoms with Crippen LogP contribution in [0.25, 0.3) is 0 Å². The minimum atomic E-state index is -5.02. The maximum Gasteiger partial charge on any atom is 0.472 e. The Morgan fingerprint density at radius 2 is 0.519 bits per heavy atom. The molecule has 5 atom stereocenters. The smallest absolute Gasteiger partial charge is 0.462 e. The van der Waals surface area contributed by atoms with Gasteiger partial charge in [0.15, 0.2) is 12.2 Å². The maximum atomic E-state index is 13.1. The molecule has 0 aliphatic carbocycles. The first-order chi connectivity index (χ1) is 52.7. The van der Waals surface area contributed by atoms with Crippen molar-refractivity contribution >= 4 is 39.5 Å². The Morgan fingerprint density at radius 3 is 0.833 bits per heavy atom. The van der Waals surface area contributed by atoms with E-state index < -0.39 is 97.5 Å². The quantitative estimate of drug-likeness (QED) is 0.0169. The van der Waals surface area contributed by atoms with Crippen molar-refractivity contribution in [2.75, 3.05) is 39.6 Å². The maximum absolute atomic E-state index is 13.1. The molecule has 19 heteroatoms. The standard InChI is InChI=1S/C89H144O17P2/c1-5-9-13-17-21-25-29-33-37-39-41-43-47-49-53-57-61-65-69-73-86(91)99-79-84(105-88(93)75-71-67-63-59-55-51-45-35-31-27-23-19-15-11-7-3)81-103-107(95,96)101-77-83(90)78-102-108(97,98)104-82-85(106-89(94)76-72-68-64-60-56-52-46-36-32-28-24-20-16-12-8-4)80-100-87(92)74-70-66-62-58-54-50-48-44-42-40-38-34-30-26-22-18-14-10-6-2/h9,12-13,16,21-28,33-38,41-46,49,53,56,60,68,72,83-85,90H,5-8,10-11,14-15,17-20,29-32,39-40,47-48,50-52,54-55,57-59,61-67,69-71,73-82H2,1-4H3,(H,95,96)(H,97,98)/b13-9-,16-12-,25-21-,26-22-,27-23-,28-24-,37-33-,38-34-,43-41-,44-42-,45-35-,46-36-,53-49-,60-56-,72-68-. The zero-order valence-corrected chi connectivity index (χ0v) is 68.7. The van der Waals surface area contributed by atoms with E-state index in [1.807, 2.05) is 12.2 Å². The minimum Gasteiger partial charge on any atom is -0.462 e. The van der Waals surface area contributed by atoms with Crippen molar-refractivity contribution in [2.45, 2.75) is 316 Å². The summed E-state index contributed by atoms with van der Waals surface area (Å²) in [7, 11) is -10.0. The Morgan fingerprint density at radius 1 is 0.278 bits per heavy atom. The van der Waals surface area contributed by atoms with Gasteiger partial charge >= 0.3 is 39.5 Å². The number of carbonyl (C=O) groups is 4. The molecule has 108 heavy (non-hydrogen) atoms. The second-order valence-corrected chi connectivity index (χ2v) is 29.5. The molecule has 0 aromatic heterocycles. The van der Waals surface area contributed by atoms with Gasteiger partial charge in [0.2, 0.25) is 0 Å². The molecule has 0 aromatic carbocycles. The average Bonchev–Trinajstić information content (AvgIpc) is 0.923. The molecular formula is C89H144O17P2. The molecule has 0 radical (unpaired) electrons. The molecule has 0 saturated heterocycles. The minimum absolute atomic E-state index is 0.0619. The van der Waals surface area contributed by atoms with Gasteiger partial charge in [0.25, 0.3) is 0 Å². The molecule has 5 unspecified atom stereocenters. The van der Waals surface area contributed by atoms with Crippen molar-refractivity contribution in [3.63, 3.8) is 0 Å². The summed E-state index contributed by atoms with van der Waals surface area (Å²) < 4.78 is 68.5. The summed E-state index contributed by atoms with van der Waals surface area (Å²) in [5, 5.41) is 10.7. The second-order valence-electron chi connectivity index (χ2n) is 26.6. The summed E-state index contributed by atoms with van der Waals surface area (Å²) in [4.78, 5) is 73.1. The summed E-state index contributed by atoms with van der Waals surface area (Å²) in [6.07, 6.45) is 96.1. The highest BCUT2D eigenvalue weighted by Gasteiger charge is 2.30. The predicted octanol–water partition coefficient (Wildman–Crippen LogP) is 24.3. The van der Waals surface area contributed by atoms with Crippen LogP contribution in [0.2, 0.25) is 0 Å². The Labute approximate surface area is 654 Å². The Kier molecular flexibility index (Phi) is 75.0. The van der Waals surface area contributed by atoms with Crippen LogP contribution in [0.3, 0.4) is 0 Å². The summed E-state index contributed by atoms with van der Waals surface area (Å²) in [5.41, 5.74) is 0. The van der Waals surface area contributed by atoms with Crippen molar-refractivity contribution in [3.05, 3.63) is 182 Å². The van der Waals surface area contributed by atoms with Crippen molar-refractivity contribution in [1.29, 1.82) is 0 Å². The molecule has 612 valence electrons. The van der Waals surface area contributed by atoms with E-state index in [9.17, 15) is 43.2 Å². The molecule has 0 aliphatic heterocycles. The fourth-order valence-corrected chi connectivity index (χ4v) is 11.8. The largest absolute Gasteiger partial charge is 0.472 e. The van der Waals surface area contributed by atoms with Gasteiger partial charge in [0.1, 0.15) is 19.3 Å². The number of rotatable bonds is 75. The molecule has 0 fully saturated rings. The Bertz CT molecular complexity index is 2760. The summed E-state index contributed by atoms with van der Waals surface area (Å²) in [6, 6.07) is 0. The number of carbonyl (C=O) groups excluding carboxylic acids is 4. The number of ether oxygens (including phenoxy) is 4. The molecule has 17 nitrogen and oxygen atoms in total. The van der Waals surface area contributed by atoms with Gasteiger partial charge in [-0.15, -0.1) is 0 Å². The van der Waals surface area contributed by atoms with Gasteiger partial charge in [-0.25, -0.2) is 9.13 Å². The predicted molar refractivity (Wildman–Crippen MR) is 445 cm³/mol. The lowest BCUT2D eigenvalue weighted by atomic mass is 10.1. The van der Waals surface area contributed by atoms with E-state index in [1.54, 1.807) is 12.2 Å². The summed E-state index contributed by atoms with van der Waals surface area (Å²) >= 11 is 0. The van der Waals surface area contributed by atoms with Gasteiger partial charge < -0.3 is 33.8 Å². The van der Waals surface area contributed by atoms with Crippen LogP contribution >= 0.6 is 15.6 Å². The molecule has 0 aliphatic rings. The third kappa shape index (κ3) is 78.3. The molecule has 0 spiro atoms. The Balaban J connectivity index is 5.49. The summed E-state index contributed by atoms with van der Waals surface area (Å²) in [6.45, 7) is 4.40. The normalized spacial score (nSPS) is 14.8. The number of hydrogen-bond donors (Lipinski definition) is 3. The van der Waals surface area contributed by atoms with Crippen LogP contribution in [0.15, 0.2) is 182 Å². The molecular weight excluding hydrogens is 1400 g/mol. The fraction of sp³-hybridized carbons (Fsp3) is 0.618. The zero-order chi connectivity index (χ0) is 78.9. The number of phosphoric acid groups is 2. The van der Waals surface area contributed by atoms with Crippen LogP contribution < -0.4 is 0 Å². The van der Waals surface area contributed by atoms with E-state index in [2.05, 4.69) is 186 Å². The number of allylic oxidation sites excluding steroid dienone is 29. The first kappa shape index (κ1) is 102. The van der Waals surface area contributed by atoms with Crippen LogP contribution in [0.4, 0.5) is 0 Å². The van der Waals surface area contributed by atoms with Crippen LogP contribution in [0, 0.1) is 0 Å². The first-order valence-electron chi connectivity index (χ1n) is 41.0. The highest BCUT2D eigenvalue weighted by molar-refractivity contribution is 7.47. The molecule has 0 saturated carbocycles. The van der Waals surface area contributed by atoms with Crippen molar-refractivity contribution < 1.29 is 80.2 Å². The average molecular weight is 1550 g/mol. The monoisotopic (exact) mass is 1550 g/mol. The van der Waals surface area contributed by atoms with Gasteiger partial charge in [-0.05, 0) is 167 Å². The van der Waals surface area contributed by atoms with Crippen LogP contribution in [0.5, 0.6) is 0 Å². The lowest BCUT2D eigenvalue weighted by Crippen LogP contribution is -2.30. The number of unbranched alkanes of at least 4 members (excludes halogenated alkanes) is 20. The number of esters is 4. The van der Waals surface area contributed by atoms with E-state index in [1.165, 1.54) is 38.5 Å². The van der Waals surface area contributed by atoms with E-state index in [-0.39, 0.29) is 25.7 Å². The number of aliphatic hydroxyl groups is 1. The number of phosphoric ester groups is 2. The third-order valence-corrected chi connectivity index (χ3v) is 18.3.